The van der Waals surface area contributed by atoms with Crippen LogP contribution >= 0.6 is 0 Å². The van der Waals surface area contributed by atoms with Crippen molar-refractivity contribution in [2.75, 3.05) is 6.54 Å². The monoisotopic (exact) mass is 420 g/mol. The van der Waals surface area contributed by atoms with E-state index in [0.717, 1.165) is 24.8 Å². The zero-order valence-corrected chi connectivity index (χ0v) is 19.0. The molecular formula is C27H36N2O2. The molecule has 0 spiro atoms. The number of rotatable bonds is 9. The van der Waals surface area contributed by atoms with Crippen molar-refractivity contribution in [2.24, 2.45) is 0 Å². The Hall–Kier alpha value is -2.62. The molecule has 4 heteroatoms. The lowest BCUT2D eigenvalue weighted by Gasteiger charge is -2.31. The van der Waals surface area contributed by atoms with Crippen molar-refractivity contribution < 1.29 is 9.59 Å². The largest absolute Gasteiger partial charge is 0.352 e. The highest BCUT2D eigenvalue weighted by Gasteiger charge is 2.27. The van der Waals surface area contributed by atoms with E-state index in [2.05, 4.69) is 48.6 Å². The third kappa shape index (κ3) is 7.23. The molecule has 1 unspecified atom stereocenters. The van der Waals surface area contributed by atoms with Crippen LogP contribution in [-0.2, 0) is 22.4 Å². The molecule has 1 fully saturated rings. The summed E-state index contributed by atoms with van der Waals surface area (Å²) >= 11 is 0. The molecule has 3 rings (SSSR count). The quantitative estimate of drug-likeness (QED) is 0.631. The first-order chi connectivity index (χ1) is 15.0. The average Bonchev–Trinajstić information content (AvgIpc) is 2.80. The smallest absolute Gasteiger partial charge is 0.242 e. The molecule has 1 saturated carbocycles. The zero-order chi connectivity index (χ0) is 22.1. The van der Waals surface area contributed by atoms with Crippen LogP contribution in [0.2, 0.25) is 0 Å². The van der Waals surface area contributed by atoms with Gasteiger partial charge in [-0.15, -0.1) is 0 Å². The van der Waals surface area contributed by atoms with Gasteiger partial charge >= 0.3 is 0 Å². The molecule has 1 atom stereocenters. The maximum absolute atomic E-state index is 13.2. The molecule has 0 aliphatic heterocycles. The predicted octanol–water partition coefficient (Wildman–Crippen LogP) is 4.84. The fourth-order valence-corrected chi connectivity index (χ4v) is 4.29. The molecule has 1 N–H and O–H groups in total. The van der Waals surface area contributed by atoms with Gasteiger partial charge in [0.1, 0.15) is 6.04 Å². The standard InChI is InChI=1S/C27H36N2O2/c1-21-13-15-24(16-14-21)17-18-26(30)29(20-19-23-9-5-3-6-10-23)22(2)27(31)28-25-11-7-4-8-12-25/h3,5-6,9-10,13-16,22,25H,4,7-8,11-12,17-20H2,1-2H3,(H,28,31). The number of nitrogens with zero attached hydrogens (tertiary/aromatic N) is 1. The van der Waals surface area contributed by atoms with Crippen molar-refractivity contribution in [2.45, 2.75) is 77.3 Å². The normalized spacial score (nSPS) is 15.3. The van der Waals surface area contributed by atoms with E-state index in [0.29, 0.717) is 19.4 Å². The summed E-state index contributed by atoms with van der Waals surface area (Å²) in [5.41, 5.74) is 3.55. The molecule has 1 aliphatic rings. The Morgan fingerprint density at radius 3 is 2.26 bits per heavy atom. The minimum absolute atomic E-state index is 0.0244. The van der Waals surface area contributed by atoms with Gasteiger partial charge in [-0.05, 0) is 50.7 Å². The summed E-state index contributed by atoms with van der Waals surface area (Å²) < 4.78 is 0. The van der Waals surface area contributed by atoms with Crippen LogP contribution in [0.4, 0.5) is 0 Å². The van der Waals surface area contributed by atoms with E-state index in [1.54, 1.807) is 4.90 Å². The Morgan fingerprint density at radius 1 is 0.935 bits per heavy atom. The van der Waals surface area contributed by atoms with Gasteiger partial charge in [-0.25, -0.2) is 0 Å². The minimum Gasteiger partial charge on any atom is -0.352 e. The first-order valence-electron chi connectivity index (χ1n) is 11.7. The van der Waals surface area contributed by atoms with E-state index < -0.39 is 6.04 Å². The van der Waals surface area contributed by atoms with Gasteiger partial charge in [0.15, 0.2) is 0 Å². The highest BCUT2D eigenvalue weighted by atomic mass is 16.2. The first-order valence-corrected chi connectivity index (χ1v) is 11.7. The molecule has 4 nitrogen and oxygen atoms in total. The van der Waals surface area contributed by atoms with Crippen molar-refractivity contribution in [3.63, 3.8) is 0 Å². The van der Waals surface area contributed by atoms with Gasteiger partial charge in [0.2, 0.25) is 11.8 Å². The van der Waals surface area contributed by atoms with Crippen LogP contribution in [0, 0.1) is 6.92 Å². The summed E-state index contributed by atoms with van der Waals surface area (Å²) in [5.74, 6) is 0.0199. The lowest BCUT2D eigenvalue weighted by Crippen LogP contribution is -2.51. The molecule has 2 aromatic carbocycles. The van der Waals surface area contributed by atoms with Crippen molar-refractivity contribution in [1.29, 1.82) is 0 Å². The Morgan fingerprint density at radius 2 is 1.58 bits per heavy atom. The summed E-state index contributed by atoms with van der Waals surface area (Å²) in [6.45, 7) is 4.48. The Labute approximate surface area is 187 Å². The fraction of sp³-hybridized carbons (Fsp3) is 0.481. The summed E-state index contributed by atoms with van der Waals surface area (Å²) in [4.78, 5) is 27.9. The van der Waals surface area contributed by atoms with Crippen molar-refractivity contribution in [3.05, 3.63) is 71.3 Å². The van der Waals surface area contributed by atoms with Gasteiger partial charge in [0.25, 0.3) is 0 Å². The molecule has 166 valence electrons. The lowest BCUT2D eigenvalue weighted by atomic mass is 9.95. The van der Waals surface area contributed by atoms with E-state index in [9.17, 15) is 9.59 Å². The lowest BCUT2D eigenvalue weighted by molar-refractivity contribution is -0.140. The number of aryl methyl sites for hydroxylation is 2. The van der Waals surface area contributed by atoms with Gasteiger partial charge in [0, 0.05) is 19.0 Å². The molecule has 0 heterocycles. The Balaban J connectivity index is 1.63. The third-order valence-corrected chi connectivity index (χ3v) is 6.35. The van der Waals surface area contributed by atoms with Crippen molar-refractivity contribution in [3.8, 4) is 0 Å². The SMILES string of the molecule is Cc1ccc(CCC(=O)N(CCc2ccccc2)C(C)C(=O)NC2CCCCC2)cc1. The van der Waals surface area contributed by atoms with Gasteiger partial charge in [-0.3, -0.25) is 9.59 Å². The van der Waals surface area contributed by atoms with Crippen LogP contribution < -0.4 is 5.32 Å². The van der Waals surface area contributed by atoms with E-state index >= 15 is 0 Å². The molecule has 0 bridgehead atoms. The van der Waals surface area contributed by atoms with Crippen LogP contribution in [0.15, 0.2) is 54.6 Å². The van der Waals surface area contributed by atoms with E-state index in [-0.39, 0.29) is 17.9 Å². The molecule has 1 aliphatic carbocycles. The third-order valence-electron chi connectivity index (χ3n) is 6.35. The van der Waals surface area contributed by atoms with Crippen LogP contribution in [0.25, 0.3) is 0 Å². The molecule has 0 aromatic heterocycles. The fourth-order valence-electron chi connectivity index (χ4n) is 4.29. The molecule has 2 amide bonds. The number of hydrogen-bond donors (Lipinski definition) is 1. The number of nitrogens with one attached hydrogen (secondary N) is 1. The van der Waals surface area contributed by atoms with E-state index in [1.165, 1.54) is 30.4 Å². The van der Waals surface area contributed by atoms with Crippen molar-refractivity contribution >= 4 is 11.8 Å². The van der Waals surface area contributed by atoms with E-state index in [1.807, 2.05) is 25.1 Å². The zero-order valence-electron chi connectivity index (χ0n) is 19.0. The van der Waals surface area contributed by atoms with Crippen molar-refractivity contribution in [1.82, 2.24) is 10.2 Å². The second-order valence-corrected chi connectivity index (χ2v) is 8.83. The first kappa shape index (κ1) is 23.1. The average molecular weight is 421 g/mol. The maximum atomic E-state index is 13.2. The number of carbonyl (C=O) groups is 2. The topological polar surface area (TPSA) is 49.4 Å². The maximum Gasteiger partial charge on any atom is 0.242 e. The van der Waals surface area contributed by atoms with Crippen LogP contribution in [0.3, 0.4) is 0 Å². The number of carbonyl (C=O) groups excluding carboxylic acids is 2. The van der Waals surface area contributed by atoms with Crippen LogP contribution in [-0.4, -0.2) is 35.3 Å². The highest BCUT2D eigenvalue weighted by molar-refractivity contribution is 5.87. The minimum atomic E-state index is -0.462. The number of amides is 2. The van der Waals surface area contributed by atoms with Gasteiger partial charge < -0.3 is 10.2 Å². The second-order valence-electron chi connectivity index (χ2n) is 8.83. The molecular weight excluding hydrogens is 384 g/mol. The van der Waals surface area contributed by atoms with Gasteiger partial charge in [-0.2, -0.15) is 0 Å². The number of benzene rings is 2. The molecule has 31 heavy (non-hydrogen) atoms. The summed E-state index contributed by atoms with van der Waals surface area (Å²) in [6, 6.07) is 18.3. The van der Waals surface area contributed by atoms with Crippen LogP contribution in [0.1, 0.15) is 62.1 Å². The summed E-state index contributed by atoms with van der Waals surface area (Å²) in [6.07, 6.45) is 7.55. The Bertz CT molecular complexity index is 826. The van der Waals surface area contributed by atoms with Gasteiger partial charge in [-0.1, -0.05) is 79.4 Å². The molecule has 0 radical (unpaired) electrons. The molecule has 2 aromatic rings. The van der Waals surface area contributed by atoms with E-state index in [4.69, 9.17) is 0 Å². The second kappa shape index (κ2) is 11.7. The summed E-state index contributed by atoms with van der Waals surface area (Å²) in [5, 5.41) is 3.20. The highest BCUT2D eigenvalue weighted by Crippen LogP contribution is 2.18. The van der Waals surface area contributed by atoms with Gasteiger partial charge in [0.05, 0.1) is 0 Å². The summed E-state index contributed by atoms with van der Waals surface area (Å²) in [7, 11) is 0. The molecule has 0 saturated heterocycles. The Kier molecular flexibility index (Phi) is 8.69. The van der Waals surface area contributed by atoms with Crippen LogP contribution in [0.5, 0.6) is 0 Å². The predicted molar refractivity (Wildman–Crippen MR) is 126 cm³/mol. The number of hydrogen-bond acceptors (Lipinski definition) is 2.